The second-order valence-corrected chi connectivity index (χ2v) is 5.12. The van der Waals surface area contributed by atoms with Gasteiger partial charge < -0.3 is 10.2 Å². The molecule has 1 N–H and O–H groups in total. The summed E-state index contributed by atoms with van der Waals surface area (Å²) in [5, 5.41) is 2.80. The number of halogens is 2. The van der Waals surface area contributed by atoms with Gasteiger partial charge in [-0.1, -0.05) is 13.3 Å². The molecule has 1 amide bonds. The second-order valence-electron chi connectivity index (χ2n) is 5.12. The Morgan fingerprint density at radius 1 is 1.22 bits per heavy atom. The zero-order valence-corrected chi connectivity index (χ0v) is 13.0. The molecular weight excluding hydrogens is 302 g/mol. The topological polar surface area (TPSA) is 58.1 Å². The number of rotatable bonds is 6. The first-order valence-corrected chi connectivity index (χ1v) is 7.31. The third-order valence-corrected chi connectivity index (χ3v) is 3.26. The number of amides is 1. The van der Waals surface area contributed by atoms with Crippen molar-refractivity contribution in [3.63, 3.8) is 0 Å². The smallest absolute Gasteiger partial charge is 0.273 e. The molecule has 0 fully saturated rings. The summed E-state index contributed by atoms with van der Waals surface area (Å²) in [7, 11) is 1.72. The van der Waals surface area contributed by atoms with E-state index in [1.54, 1.807) is 11.9 Å². The van der Waals surface area contributed by atoms with Gasteiger partial charge >= 0.3 is 0 Å². The van der Waals surface area contributed by atoms with Crippen molar-refractivity contribution in [1.29, 1.82) is 0 Å². The molecule has 0 atom stereocenters. The highest BCUT2D eigenvalue weighted by Gasteiger charge is 2.13. The van der Waals surface area contributed by atoms with Crippen LogP contribution in [0.25, 0.3) is 0 Å². The summed E-state index contributed by atoms with van der Waals surface area (Å²) in [6, 6.07) is 3.43. The average Bonchev–Trinajstić information content (AvgIpc) is 2.56. The Morgan fingerprint density at radius 3 is 2.61 bits per heavy atom. The lowest BCUT2D eigenvalue weighted by Crippen LogP contribution is -2.28. The van der Waals surface area contributed by atoms with Gasteiger partial charge in [0.1, 0.15) is 11.5 Å². The zero-order valence-electron chi connectivity index (χ0n) is 13.0. The molecule has 7 heteroatoms. The molecule has 1 aromatic heterocycles. The minimum Gasteiger partial charge on any atom is -0.340 e. The highest BCUT2D eigenvalue weighted by atomic mass is 19.2. The first-order chi connectivity index (χ1) is 11.0. The minimum atomic E-state index is -0.952. The number of nitrogens with zero attached hydrogens (tertiary/aromatic N) is 3. The minimum absolute atomic E-state index is 0.203. The van der Waals surface area contributed by atoms with Gasteiger partial charge in [0.05, 0.1) is 12.4 Å². The van der Waals surface area contributed by atoms with Crippen LogP contribution in [0.3, 0.4) is 0 Å². The zero-order chi connectivity index (χ0) is 16.8. The number of unbranched alkanes of at least 4 members (excludes halogenated alkanes) is 1. The molecular formula is C16H18F2N4O. The fourth-order valence-corrected chi connectivity index (χ4v) is 1.92. The molecule has 0 bridgehead atoms. The van der Waals surface area contributed by atoms with Crippen molar-refractivity contribution in [1.82, 2.24) is 14.9 Å². The van der Waals surface area contributed by atoms with Crippen molar-refractivity contribution < 1.29 is 13.6 Å². The average molecular weight is 320 g/mol. The van der Waals surface area contributed by atoms with E-state index in [0.29, 0.717) is 18.1 Å². The van der Waals surface area contributed by atoms with E-state index in [0.717, 1.165) is 25.0 Å². The van der Waals surface area contributed by atoms with Gasteiger partial charge in [0.2, 0.25) is 0 Å². The third kappa shape index (κ3) is 4.45. The Labute approximate surface area is 133 Å². The Kier molecular flexibility index (Phi) is 5.56. The molecule has 122 valence electrons. The van der Waals surface area contributed by atoms with Crippen LogP contribution in [0.2, 0.25) is 0 Å². The fourth-order valence-electron chi connectivity index (χ4n) is 1.92. The van der Waals surface area contributed by atoms with Crippen molar-refractivity contribution >= 4 is 17.4 Å². The number of carbonyl (C=O) groups excluding carboxylic acids is 1. The van der Waals surface area contributed by atoms with E-state index in [-0.39, 0.29) is 11.6 Å². The van der Waals surface area contributed by atoms with Crippen LogP contribution < -0.4 is 5.32 Å². The summed E-state index contributed by atoms with van der Waals surface area (Å²) >= 11 is 0. The second kappa shape index (κ2) is 7.62. The molecule has 5 nitrogen and oxygen atoms in total. The number of hydrogen-bond acceptors (Lipinski definition) is 4. The molecule has 0 saturated carbocycles. The molecule has 23 heavy (non-hydrogen) atoms. The molecule has 2 aromatic rings. The summed E-state index contributed by atoms with van der Waals surface area (Å²) < 4.78 is 26.0. The number of hydrogen-bond donors (Lipinski definition) is 1. The summed E-state index contributed by atoms with van der Waals surface area (Å²) in [5.74, 6) is -1.74. The Bertz CT molecular complexity index is 676. The molecule has 0 radical (unpaired) electrons. The van der Waals surface area contributed by atoms with Crippen LogP contribution in [0.5, 0.6) is 0 Å². The Hall–Kier alpha value is -2.57. The predicted molar refractivity (Wildman–Crippen MR) is 83.5 cm³/mol. The van der Waals surface area contributed by atoms with Crippen LogP contribution in [0.1, 0.15) is 30.3 Å². The summed E-state index contributed by atoms with van der Waals surface area (Å²) in [6.07, 6.45) is 4.65. The summed E-state index contributed by atoms with van der Waals surface area (Å²) in [6.45, 7) is 2.71. The van der Waals surface area contributed by atoms with Gasteiger partial charge in [-0.05, 0) is 18.6 Å². The number of benzene rings is 1. The predicted octanol–water partition coefficient (Wildman–Crippen LogP) is 3.37. The third-order valence-electron chi connectivity index (χ3n) is 3.26. The molecule has 2 rings (SSSR count). The van der Waals surface area contributed by atoms with Crippen molar-refractivity contribution in [3.05, 3.63) is 47.9 Å². The number of nitrogens with one attached hydrogen (secondary N) is 1. The normalized spacial score (nSPS) is 10.4. The van der Waals surface area contributed by atoms with Gasteiger partial charge in [-0.2, -0.15) is 0 Å². The lowest BCUT2D eigenvalue weighted by Gasteiger charge is -2.16. The molecule has 1 aromatic carbocycles. The highest BCUT2D eigenvalue weighted by molar-refractivity contribution is 5.91. The van der Waals surface area contributed by atoms with Gasteiger partial charge in [-0.25, -0.2) is 18.7 Å². The quantitative estimate of drug-likeness (QED) is 0.886. The van der Waals surface area contributed by atoms with E-state index in [1.807, 2.05) is 0 Å². The lowest BCUT2D eigenvalue weighted by atomic mass is 10.3. The first-order valence-electron chi connectivity index (χ1n) is 7.31. The Morgan fingerprint density at radius 2 is 2.00 bits per heavy atom. The van der Waals surface area contributed by atoms with Crippen molar-refractivity contribution in [2.75, 3.05) is 18.9 Å². The van der Waals surface area contributed by atoms with Gasteiger partial charge in [0, 0.05) is 25.3 Å². The van der Waals surface area contributed by atoms with Crippen LogP contribution >= 0.6 is 0 Å². The molecule has 0 aliphatic heterocycles. The number of aromatic nitrogens is 2. The molecule has 1 heterocycles. The van der Waals surface area contributed by atoms with E-state index in [9.17, 15) is 13.6 Å². The maximum atomic E-state index is 13.1. The molecule has 0 aliphatic rings. The van der Waals surface area contributed by atoms with Gasteiger partial charge in [-0.15, -0.1) is 0 Å². The maximum Gasteiger partial charge on any atom is 0.273 e. The van der Waals surface area contributed by atoms with Crippen molar-refractivity contribution in [3.8, 4) is 0 Å². The highest BCUT2D eigenvalue weighted by Crippen LogP contribution is 2.17. The van der Waals surface area contributed by atoms with Gasteiger partial charge in [0.15, 0.2) is 11.6 Å². The molecule has 0 spiro atoms. The van der Waals surface area contributed by atoms with E-state index < -0.39 is 11.6 Å². The van der Waals surface area contributed by atoms with E-state index in [1.165, 1.54) is 18.5 Å². The van der Waals surface area contributed by atoms with Gasteiger partial charge in [0.25, 0.3) is 5.91 Å². The van der Waals surface area contributed by atoms with Crippen LogP contribution in [0, 0.1) is 11.6 Å². The van der Waals surface area contributed by atoms with E-state index in [2.05, 4.69) is 22.2 Å². The van der Waals surface area contributed by atoms with Crippen LogP contribution in [0.4, 0.5) is 20.3 Å². The monoisotopic (exact) mass is 320 g/mol. The van der Waals surface area contributed by atoms with Crippen LogP contribution in [-0.4, -0.2) is 34.4 Å². The van der Waals surface area contributed by atoms with E-state index >= 15 is 0 Å². The van der Waals surface area contributed by atoms with Crippen LogP contribution in [0.15, 0.2) is 30.6 Å². The molecule has 0 saturated heterocycles. The standard InChI is InChI=1S/C16H18F2N4O/c1-3-4-7-22(2)16(23)14-9-20-15(10-19-14)21-11-5-6-12(17)13(18)8-11/h5-6,8-10H,3-4,7H2,1-2H3,(H,20,21). The molecule has 0 unspecified atom stereocenters. The summed E-state index contributed by atoms with van der Waals surface area (Å²) in [4.78, 5) is 21.8. The first kappa shape index (κ1) is 16.8. The number of anilines is 2. The fraction of sp³-hybridized carbons (Fsp3) is 0.312. The SMILES string of the molecule is CCCCN(C)C(=O)c1cnc(Nc2ccc(F)c(F)c2)cn1. The van der Waals surface area contributed by atoms with Crippen molar-refractivity contribution in [2.24, 2.45) is 0 Å². The van der Waals surface area contributed by atoms with E-state index in [4.69, 9.17) is 0 Å². The maximum absolute atomic E-state index is 13.1. The Balaban J connectivity index is 2.04. The lowest BCUT2D eigenvalue weighted by molar-refractivity contribution is 0.0787. The number of carbonyl (C=O) groups is 1. The van der Waals surface area contributed by atoms with Gasteiger partial charge in [-0.3, -0.25) is 4.79 Å². The van der Waals surface area contributed by atoms with Crippen LogP contribution in [-0.2, 0) is 0 Å². The summed E-state index contributed by atoms with van der Waals surface area (Å²) in [5.41, 5.74) is 0.580. The molecule has 0 aliphatic carbocycles. The largest absolute Gasteiger partial charge is 0.340 e. The van der Waals surface area contributed by atoms with Crippen molar-refractivity contribution in [2.45, 2.75) is 19.8 Å².